The number of carbonyl (C=O) groups is 2. The molecule has 0 aliphatic heterocycles. The van der Waals surface area contributed by atoms with E-state index in [9.17, 15) is 9.59 Å². The van der Waals surface area contributed by atoms with E-state index in [1.165, 1.54) is 0 Å². The molecule has 0 bridgehead atoms. The molecule has 20 heavy (non-hydrogen) atoms. The van der Waals surface area contributed by atoms with Gasteiger partial charge in [-0.05, 0) is 24.1 Å². The van der Waals surface area contributed by atoms with Crippen molar-refractivity contribution in [2.45, 2.75) is 25.8 Å². The predicted octanol–water partition coefficient (Wildman–Crippen LogP) is 0.578. The average molecular weight is 275 g/mol. The number of hydrogen-bond acceptors (Lipinski definition) is 4. The van der Waals surface area contributed by atoms with Crippen molar-refractivity contribution >= 4 is 17.5 Å². The summed E-state index contributed by atoms with van der Waals surface area (Å²) in [6.07, 6.45) is 0.835. The number of rotatable bonds is 5. The summed E-state index contributed by atoms with van der Waals surface area (Å²) in [6.45, 7) is 1.59. The number of amides is 2. The lowest BCUT2D eigenvalue weighted by Crippen LogP contribution is -2.43. The monoisotopic (exact) mass is 275 g/mol. The van der Waals surface area contributed by atoms with Gasteiger partial charge in [0.15, 0.2) is 0 Å². The molecule has 1 atom stereocenters. The molecule has 6 heteroatoms. The third kappa shape index (κ3) is 4.71. The highest BCUT2D eigenvalue weighted by Gasteiger charge is 2.17. The molecular formula is C14H17N3O3. The van der Waals surface area contributed by atoms with E-state index in [2.05, 4.69) is 10.6 Å². The Morgan fingerprint density at radius 1 is 1.30 bits per heavy atom. The van der Waals surface area contributed by atoms with Crippen molar-refractivity contribution in [1.29, 1.82) is 5.26 Å². The molecule has 1 aromatic carbocycles. The van der Waals surface area contributed by atoms with Crippen LogP contribution in [0.25, 0.3) is 0 Å². The normalized spacial score (nSPS) is 11.2. The van der Waals surface area contributed by atoms with E-state index in [0.717, 1.165) is 5.56 Å². The maximum atomic E-state index is 11.6. The van der Waals surface area contributed by atoms with Crippen LogP contribution in [-0.2, 0) is 16.0 Å². The third-order valence-electron chi connectivity index (χ3n) is 2.75. The maximum absolute atomic E-state index is 11.6. The number of nitrogens with one attached hydrogen (secondary N) is 2. The van der Waals surface area contributed by atoms with E-state index in [0.29, 0.717) is 18.5 Å². The standard InChI is InChI=1S/C14H17N3O3/c1-2-11(9-18)16-13(19)14(20)17-12-5-3-10(4-6-12)7-8-15/h3-6,11,18H,2,7,9H2,1H3,(H,16,19)(H,17,20). The lowest BCUT2D eigenvalue weighted by molar-refractivity contribution is -0.136. The van der Waals surface area contributed by atoms with Crippen molar-refractivity contribution in [2.24, 2.45) is 0 Å². The Balaban J connectivity index is 2.57. The molecule has 1 unspecified atom stereocenters. The molecule has 0 aliphatic rings. The van der Waals surface area contributed by atoms with Crippen LogP contribution in [0.3, 0.4) is 0 Å². The second-order valence-electron chi connectivity index (χ2n) is 4.25. The first-order chi connectivity index (χ1) is 9.60. The van der Waals surface area contributed by atoms with Crippen LogP contribution in [0, 0.1) is 11.3 Å². The van der Waals surface area contributed by atoms with Crippen molar-refractivity contribution in [3.05, 3.63) is 29.8 Å². The van der Waals surface area contributed by atoms with Crippen molar-refractivity contribution < 1.29 is 14.7 Å². The van der Waals surface area contributed by atoms with Crippen LogP contribution in [-0.4, -0.2) is 29.6 Å². The van der Waals surface area contributed by atoms with Gasteiger partial charge in [-0.3, -0.25) is 9.59 Å². The number of nitrogens with zero attached hydrogens (tertiary/aromatic N) is 1. The molecule has 0 saturated heterocycles. The SMILES string of the molecule is CCC(CO)NC(=O)C(=O)Nc1ccc(CC#N)cc1. The van der Waals surface area contributed by atoms with Crippen LogP contribution in [0.4, 0.5) is 5.69 Å². The van der Waals surface area contributed by atoms with Crippen LogP contribution in [0.2, 0.25) is 0 Å². The first-order valence-corrected chi connectivity index (χ1v) is 6.29. The molecule has 2 amide bonds. The molecule has 0 aromatic heterocycles. The van der Waals surface area contributed by atoms with E-state index < -0.39 is 17.9 Å². The molecule has 0 aliphatic carbocycles. The van der Waals surface area contributed by atoms with Gasteiger partial charge >= 0.3 is 11.8 Å². The number of aliphatic hydroxyl groups is 1. The topological polar surface area (TPSA) is 102 Å². The second kappa shape index (κ2) is 7.92. The molecule has 0 spiro atoms. The minimum absolute atomic E-state index is 0.210. The van der Waals surface area contributed by atoms with Crippen LogP contribution in [0.5, 0.6) is 0 Å². The van der Waals surface area contributed by atoms with Crippen LogP contribution in [0.15, 0.2) is 24.3 Å². The number of nitriles is 1. The quantitative estimate of drug-likeness (QED) is 0.684. The summed E-state index contributed by atoms with van der Waals surface area (Å²) in [4.78, 5) is 23.2. The van der Waals surface area contributed by atoms with E-state index in [-0.39, 0.29) is 6.61 Å². The van der Waals surface area contributed by atoms with E-state index >= 15 is 0 Å². The lowest BCUT2D eigenvalue weighted by atomic mass is 10.1. The molecule has 1 aromatic rings. The number of benzene rings is 1. The summed E-state index contributed by atoms with van der Waals surface area (Å²) < 4.78 is 0. The molecule has 6 nitrogen and oxygen atoms in total. The summed E-state index contributed by atoms with van der Waals surface area (Å²) in [5, 5.41) is 22.4. The average Bonchev–Trinajstić information content (AvgIpc) is 2.46. The Kier molecular flexibility index (Phi) is 6.20. The molecule has 1 rings (SSSR count). The van der Waals surface area contributed by atoms with Gasteiger partial charge in [-0.15, -0.1) is 0 Å². The molecule has 0 heterocycles. The highest BCUT2D eigenvalue weighted by molar-refractivity contribution is 6.39. The second-order valence-corrected chi connectivity index (χ2v) is 4.25. The van der Waals surface area contributed by atoms with Gasteiger partial charge < -0.3 is 15.7 Å². The zero-order chi connectivity index (χ0) is 15.0. The number of hydrogen-bond donors (Lipinski definition) is 3. The van der Waals surface area contributed by atoms with Crippen LogP contribution < -0.4 is 10.6 Å². The van der Waals surface area contributed by atoms with E-state index in [1.807, 2.05) is 6.07 Å². The number of anilines is 1. The summed E-state index contributed by atoms with van der Waals surface area (Å²) in [5.74, 6) is -1.57. The summed E-state index contributed by atoms with van der Waals surface area (Å²) in [5.41, 5.74) is 1.31. The van der Waals surface area contributed by atoms with Gasteiger partial charge in [-0.25, -0.2) is 0 Å². The van der Waals surface area contributed by atoms with Crippen molar-refractivity contribution in [2.75, 3.05) is 11.9 Å². The van der Waals surface area contributed by atoms with Crippen molar-refractivity contribution in [3.63, 3.8) is 0 Å². The fourth-order valence-electron chi connectivity index (χ4n) is 1.51. The number of carbonyl (C=O) groups excluding carboxylic acids is 2. The highest BCUT2D eigenvalue weighted by atomic mass is 16.3. The molecule has 106 valence electrons. The molecule has 0 radical (unpaired) electrons. The van der Waals surface area contributed by atoms with E-state index in [1.54, 1.807) is 31.2 Å². The van der Waals surface area contributed by atoms with Gasteiger partial charge in [0.25, 0.3) is 0 Å². The number of aliphatic hydroxyl groups excluding tert-OH is 1. The summed E-state index contributed by atoms with van der Waals surface area (Å²) >= 11 is 0. The van der Waals surface area contributed by atoms with Gasteiger partial charge in [-0.1, -0.05) is 19.1 Å². The van der Waals surface area contributed by atoms with Gasteiger partial charge in [0.05, 0.1) is 25.1 Å². The summed E-state index contributed by atoms with van der Waals surface area (Å²) in [6, 6.07) is 8.26. The largest absolute Gasteiger partial charge is 0.394 e. The van der Waals surface area contributed by atoms with Gasteiger partial charge in [0.2, 0.25) is 0 Å². The van der Waals surface area contributed by atoms with Crippen molar-refractivity contribution in [1.82, 2.24) is 5.32 Å². The zero-order valence-corrected chi connectivity index (χ0v) is 11.2. The zero-order valence-electron chi connectivity index (χ0n) is 11.2. The van der Waals surface area contributed by atoms with Crippen LogP contribution >= 0.6 is 0 Å². The molecule has 0 saturated carbocycles. The maximum Gasteiger partial charge on any atom is 0.313 e. The Hall–Kier alpha value is -2.39. The smallest absolute Gasteiger partial charge is 0.313 e. The molecule has 0 fully saturated rings. The molecule has 3 N–H and O–H groups in total. The third-order valence-corrected chi connectivity index (χ3v) is 2.75. The van der Waals surface area contributed by atoms with E-state index in [4.69, 9.17) is 10.4 Å². The highest BCUT2D eigenvalue weighted by Crippen LogP contribution is 2.09. The summed E-state index contributed by atoms with van der Waals surface area (Å²) in [7, 11) is 0. The first-order valence-electron chi connectivity index (χ1n) is 6.29. The van der Waals surface area contributed by atoms with Gasteiger partial charge in [0, 0.05) is 5.69 Å². The molecular weight excluding hydrogens is 258 g/mol. The van der Waals surface area contributed by atoms with Gasteiger partial charge in [0.1, 0.15) is 0 Å². The first kappa shape index (κ1) is 15.7. The Morgan fingerprint density at radius 3 is 2.45 bits per heavy atom. The Labute approximate surface area is 117 Å². The fraction of sp³-hybridized carbons (Fsp3) is 0.357. The van der Waals surface area contributed by atoms with Gasteiger partial charge in [-0.2, -0.15) is 5.26 Å². The minimum atomic E-state index is -0.787. The Morgan fingerprint density at radius 2 is 1.95 bits per heavy atom. The van der Waals surface area contributed by atoms with Crippen molar-refractivity contribution in [3.8, 4) is 6.07 Å². The Bertz CT molecular complexity index is 501. The lowest BCUT2D eigenvalue weighted by Gasteiger charge is -2.13. The predicted molar refractivity (Wildman–Crippen MR) is 73.7 cm³/mol. The van der Waals surface area contributed by atoms with Crippen LogP contribution in [0.1, 0.15) is 18.9 Å². The minimum Gasteiger partial charge on any atom is -0.394 e. The fourth-order valence-corrected chi connectivity index (χ4v) is 1.51.